The minimum absolute atomic E-state index is 0.275. The number of thioether (sulfide) groups is 1. The van der Waals surface area contributed by atoms with Gasteiger partial charge in [0.2, 0.25) is 0 Å². The zero-order valence-corrected chi connectivity index (χ0v) is 13.3. The lowest BCUT2D eigenvalue weighted by atomic mass is 10.3. The molecule has 0 bridgehead atoms. The third-order valence-electron chi connectivity index (χ3n) is 3.10. The van der Waals surface area contributed by atoms with Crippen LogP contribution < -0.4 is 5.32 Å². The zero-order chi connectivity index (χ0) is 16.1. The molecular weight excluding hydrogens is 310 g/mol. The minimum atomic E-state index is -0.280. The van der Waals surface area contributed by atoms with E-state index in [1.54, 1.807) is 30.9 Å². The molecule has 0 spiro atoms. The van der Waals surface area contributed by atoms with Gasteiger partial charge >= 0.3 is 0 Å². The molecule has 1 aromatic carbocycles. The molecule has 3 aromatic rings. The third kappa shape index (κ3) is 4.20. The van der Waals surface area contributed by atoms with Gasteiger partial charge in [0.25, 0.3) is 5.91 Å². The monoisotopic (exact) mass is 325 g/mol. The highest BCUT2D eigenvalue weighted by Gasteiger charge is 2.10. The van der Waals surface area contributed by atoms with Crippen molar-refractivity contribution in [2.45, 2.75) is 17.6 Å². The number of nitrogens with zero attached hydrogens (tertiary/aromatic N) is 2. The molecule has 0 radical (unpaired) electrons. The Morgan fingerprint density at radius 3 is 2.74 bits per heavy atom. The van der Waals surface area contributed by atoms with Gasteiger partial charge in [-0.15, -0.1) is 11.8 Å². The fraction of sp³-hybridized carbons (Fsp3) is 0.118. The number of aromatic nitrogens is 2. The number of benzene rings is 1. The molecule has 0 fully saturated rings. The van der Waals surface area contributed by atoms with Crippen LogP contribution in [0.1, 0.15) is 21.8 Å². The number of pyridine rings is 1. The first-order valence-electron chi connectivity index (χ1n) is 7.07. The van der Waals surface area contributed by atoms with Gasteiger partial charge in [0.1, 0.15) is 5.76 Å². The summed E-state index contributed by atoms with van der Waals surface area (Å²) in [4.78, 5) is 17.2. The first kappa shape index (κ1) is 15.3. The summed E-state index contributed by atoms with van der Waals surface area (Å²) >= 11 is 1.72. The van der Waals surface area contributed by atoms with Crippen LogP contribution in [0.3, 0.4) is 0 Å². The molecule has 0 aliphatic carbocycles. The molecule has 0 aliphatic heterocycles. The lowest BCUT2D eigenvalue weighted by Gasteiger charge is -2.05. The van der Waals surface area contributed by atoms with Crippen molar-refractivity contribution >= 4 is 23.4 Å². The molecule has 0 saturated carbocycles. The lowest BCUT2D eigenvalue weighted by Crippen LogP contribution is -2.11. The predicted octanol–water partition coefficient (Wildman–Crippen LogP) is 3.92. The van der Waals surface area contributed by atoms with Gasteiger partial charge < -0.3 is 9.84 Å². The summed E-state index contributed by atoms with van der Waals surface area (Å²) in [5.74, 6) is 1.19. The maximum atomic E-state index is 12.0. The molecule has 23 heavy (non-hydrogen) atoms. The maximum Gasteiger partial charge on any atom is 0.277 e. The number of aryl methyl sites for hydroxylation is 1. The largest absolute Gasteiger partial charge is 0.361 e. The lowest BCUT2D eigenvalue weighted by molar-refractivity contribution is 0.101. The number of carbonyl (C=O) groups excluding carboxylic acids is 1. The highest BCUT2D eigenvalue weighted by Crippen LogP contribution is 2.24. The highest BCUT2D eigenvalue weighted by molar-refractivity contribution is 7.98. The molecule has 0 aliphatic rings. The van der Waals surface area contributed by atoms with Crippen LogP contribution in [0.5, 0.6) is 0 Å². The fourth-order valence-corrected chi connectivity index (χ4v) is 2.79. The van der Waals surface area contributed by atoms with Crippen LogP contribution in [0.4, 0.5) is 5.69 Å². The van der Waals surface area contributed by atoms with Gasteiger partial charge in [-0.25, -0.2) is 0 Å². The van der Waals surface area contributed by atoms with Gasteiger partial charge in [-0.2, -0.15) is 0 Å². The van der Waals surface area contributed by atoms with Crippen LogP contribution in [-0.4, -0.2) is 16.0 Å². The molecule has 116 valence electrons. The smallest absolute Gasteiger partial charge is 0.277 e. The summed E-state index contributed by atoms with van der Waals surface area (Å²) in [6.45, 7) is 1.75. The molecule has 0 unspecified atom stereocenters. The summed E-state index contributed by atoms with van der Waals surface area (Å²) in [6.07, 6.45) is 3.63. The van der Waals surface area contributed by atoms with Crippen molar-refractivity contribution in [3.05, 3.63) is 71.9 Å². The summed E-state index contributed by atoms with van der Waals surface area (Å²) in [7, 11) is 0. The van der Waals surface area contributed by atoms with Crippen LogP contribution in [-0.2, 0) is 5.75 Å². The molecule has 6 heteroatoms. The van der Waals surface area contributed by atoms with E-state index in [1.165, 1.54) is 5.56 Å². The normalized spacial score (nSPS) is 10.5. The Morgan fingerprint density at radius 2 is 2.09 bits per heavy atom. The Labute approximate surface area is 138 Å². The summed E-state index contributed by atoms with van der Waals surface area (Å²) in [5.41, 5.74) is 2.18. The van der Waals surface area contributed by atoms with Crippen molar-refractivity contribution in [1.29, 1.82) is 0 Å². The van der Waals surface area contributed by atoms with Crippen molar-refractivity contribution in [1.82, 2.24) is 10.1 Å². The van der Waals surface area contributed by atoms with E-state index in [-0.39, 0.29) is 11.6 Å². The molecule has 1 amide bonds. The van der Waals surface area contributed by atoms with Crippen LogP contribution in [0.25, 0.3) is 0 Å². The molecule has 0 saturated heterocycles. The maximum absolute atomic E-state index is 12.0. The topological polar surface area (TPSA) is 68.0 Å². The standard InChI is InChI=1S/C17H15N3O2S/c1-12-9-16(20-22-12)17(21)19-14-4-6-15(7-5-14)23-11-13-3-2-8-18-10-13/h2-10H,11H2,1H3,(H,19,21). The van der Waals surface area contributed by atoms with Crippen LogP contribution in [0.2, 0.25) is 0 Å². The molecule has 1 N–H and O–H groups in total. The molecule has 2 heterocycles. The number of rotatable bonds is 5. The third-order valence-corrected chi connectivity index (χ3v) is 4.18. The Morgan fingerprint density at radius 1 is 1.26 bits per heavy atom. The van der Waals surface area contributed by atoms with E-state index < -0.39 is 0 Å². The van der Waals surface area contributed by atoms with E-state index in [9.17, 15) is 4.79 Å². The summed E-state index contributed by atoms with van der Waals surface area (Å²) in [6, 6.07) is 13.3. The second kappa shape index (κ2) is 7.11. The number of hydrogen-bond acceptors (Lipinski definition) is 5. The van der Waals surface area contributed by atoms with Gasteiger partial charge in [0, 0.05) is 34.8 Å². The van der Waals surface area contributed by atoms with Crippen molar-refractivity contribution in [2.75, 3.05) is 5.32 Å². The second-order valence-corrected chi connectivity index (χ2v) is 6.00. The Hall–Kier alpha value is -2.60. The number of amides is 1. The molecular formula is C17H15N3O2S. The van der Waals surface area contributed by atoms with E-state index in [0.29, 0.717) is 5.76 Å². The van der Waals surface area contributed by atoms with Crippen LogP contribution in [0.15, 0.2) is 64.3 Å². The molecule has 3 rings (SSSR count). The van der Waals surface area contributed by atoms with Crippen LogP contribution >= 0.6 is 11.8 Å². The second-order valence-electron chi connectivity index (χ2n) is 4.95. The van der Waals surface area contributed by atoms with E-state index in [0.717, 1.165) is 16.3 Å². The first-order chi connectivity index (χ1) is 11.2. The van der Waals surface area contributed by atoms with Gasteiger partial charge in [0.15, 0.2) is 5.69 Å². The number of carbonyl (C=O) groups is 1. The SMILES string of the molecule is Cc1cc(C(=O)Nc2ccc(SCc3cccnc3)cc2)no1. The molecule has 2 aromatic heterocycles. The fourth-order valence-electron chi connectivity index (χ4n) is 1.95. The average Bonchev–Trinajstić information content (AvgIpc) is 3.02. The number of hydrogen-bond donors (Lipinski definition) is 1. The van der Waals surface area contributed by atoms with Crippen molar-refractivity contribution < 1.29 is 9.32 Å². The van der Waals surface area contributed by atoms with E-state index >= 15 is 0 Å². The van der Waals surface area contributed by atoms with E-state index in [2.05, 4.69) is 21.5 Å². The molecule has 5 nitrogen and oxygen atoms in total. The summed E-state index contributed by atoms with van der Waals surface area (Å²) in [5, 5.41) is 6.49. The van der Waals surface area contributed by atoms with Gasteiger partial charge in [-0.05, 0) is 42.8 Å². The van der Waals surface area contributed by atoms with Crippen molar-refractivity contribution in [3.8, 4) is 0 Å². The Kier molecular flexibility index (Phi) is 4.73. The van der Waals surface area contributed by atoms with E-state index in [4.69, 9.17) is 4.52 Å². The highest BCUT2D eigenvalue weighted by atomic mass is 32.2. The van der Waals surface area contributed by atoms with Crippen LogP contribution in [0, 0.1) is 6.92 Å². The number of nitrogens with one attached hydrogen (secondary N) is 1. The average molecular weight is 325 g/mol. The van der Waals surface area contributed by atoms with Crippen molar-refractivity contribution in [2.24, 2.45) is 0 Å². The Bertz CT molecular complexity index is 785. The van der Waals surface area contributed by atoms with Crippen molar-refractivity contribution in [3.63, 3.8) is 0 Å². The van der Waals surface area contributed by atoms with Gasteiger partial charge in [-0.3, -0.25) is 9.78 Å². The number of anilines is 1. The Balaban J connectivity index is 1.57. The molecule has 0 atom stereocenters. The van der Waals surface area contributed by atoms with Gasteiger partial charge in [-0.1, -0.05) is 11.2 Å². The van der Waals surface area contributed by atoms with E-state index in [1.807, 2.05) is 36.5 Å². The summed E-state index contributed by atoms with van der Waals surface area (Å²) < 4.78 is 4.90. The predicted molar refractivity (Wildman–Crippen MR) is 89.4 cm³/mol. The minimum Gasteiger partial charge on any atom is -0.361 e. The quantitative estimate of drug-likeness (QED) is 0.720. The first-order valence-corrected chi connectivity index (χ1v) is 8.06. The zero-order valence-electron chi connectivity index (χ0n) is 12.5. The van der Waals surface area contributed by atoms with Gasteiger partial charge in [0.05, 0.1) is 0 Å².